The van der Waals surface area contributed by atoms with Crippen molar-refractivity contribution in [3.8, 4) is 22.8 Å². The molecule has 0 spiro atoms. The van der Waals surface area contributed by atoms with E-state index in [-0.39, 0.29) is 0 Å². The van der Waals surface area contributed by atoms with Crippen molar-refractivity contribution in [2.24, 2.45) is 5.92 Å². The first-order chi connectivity index (χ1) is 11.7. The average Bonchev–Trinajstić information content (AvgIpc) is 3.10. The van der Waals surface area contributed by atoms with Crippen LogP contribution >= 0.6 is 11.3 Å². The Kier molecular flexibility index (Phi) is 3.72. The third-order valence-electron chi connectivity index (χ3n) is 3.79. The lowest BCUT2D eigenvalue weighted by Gasteiger charge is -2.18. The fraction of sp³-hybridized carbons (Fsp3) is 0.353. The largest absolute Gasteiger partial charge is 0.486 e. The van der Waals surface area contributed by atoms with Gasteiger partial charge in [0.15, 0.2) is 17.8 Å². The van der Waals surface area contributed by atoms with Gasteiger partial charge in [0, 0.05) is 12.0 Å². The molecule has 6 nitrogen and oxygen atoms in total. The molecule has 0 saturated heterocycles. The third kappa shape index (κ3) is 2.54. The van der Waals surface area contributed by atoms with Crippen LogP contribution in [0.4, 0.5) is 0 Å². The number of fused-ring (bicyclic) bond motifs is 2. The van der Waals surface area contributed by atoms with E-state index >= 15 is 0 Å². The SMILES string of the molecule is CC(C)Cc1nn2c(C=O)c(-c3ccc4c(c3)OCCO4)nc2s1. The zero-order chi connectivity index (χ0) is 16.7. The van der Waals surface area contributed by atoms with Crippen LogP contribution in [0.2, 0.25) is 0 Å². The normalized spacial score (nSPS) is 13.6. The summed E-state index contributed by atoms with van der Waals surface area (Å²) in [6.07, 6.45) is 1.69. The van der Waals surface area contributed by atoms with Crippen LogP contribution in [0.15, 0.2) is 18.2 Å². The van der Waals surface area contributed by atoms with E-state index in [4.69, 9.17) is 9.47 Å². The number of ether oxygens (including phenoxy) is 2. The molecule has 24 heavy (non-hydrogen) atoms. The Balaban J connectivity index is 1.79. The van der Waals surface area contributed by atoms with Gasteiger partial charge in [-0.3, -0.25) is 4.79 Å². The highest BCUT2D eigenvalue weighted by molar-refractivity contribution is 7.16. The lowest BCUT2D eigenvalue weighted by atomic mass is 10.1. The molecule has 0 radical (unpaired) electrons. The molecular weight excluding hydrogens is 326 g/mol. The van der Waals surface area contributed by atoms with E-state index in [1.54, 1.807) is 4.52 Å². The number of rotatable bonds is 4. The maximum Gasteiger partial charge on any atom is 0.213 e. The van der Waals surface area contributed by atoms with Crippen molar-refractivity contribution in [2.45, 2.75) is 20.3 Å². The first kappa shape index (κ1) is 15.1. The van der Waals surface area contributed by atoms with E-state index < -0.39 is 0 Å². The van der Waals surface area contributed by atoms with Crippen molar-refractivity contribution < 1.29 is 14.3 Å². The van der Waals surface area contributed by atoms with Gasteiger partial charge >= 0.3 is 0 Å². The number of aromatic nitrogens is 3. The second-order valence-electron chi connectivity index (χ2n) is 6.11. The van der Waals surface area contributed by atoms with Gasteiger partial charge in [-0.05, 0) is 24.1 Å². The second-order valence-corrected chi connectivity index (χ2v) is 7.15. The van der Waals surface area contributed by atoms with Gasteiger partial charge in [-0.25, -0.2) is 4.98 Å². The number of hydrogen-bond donors (Lipinski definition) is 0. The minimum absolute atomic E-state index is 0.466. The number of nitrogens with zero attached hydrogens (tertiary/aromatic N) is 3. The van der Waals surface area contributed by atoms with Gasteiger partial charge in [-0.15, -0.1) is 0 Å². The summed E-state index contributed by atoms with van der Waals surface area (Å²) in [4.78, 5) is 17.0. The van der Waals surface area contributed by atoms with Gasteiger partial charge in [0.2, 0.25) is 4.96 Å². The van der Waals surface area contributed by atoms with Crippen molar-refractivity contribution in [3.05, 3.63) is 28.9 Å². The highest BCUT2D eigenvalue weighted by Crippen LogP contribution is 2.35. The van der Waals surface area contributed by atoms with E-state index in [2.05, 4.69) is 23.9 Å². The van der Waals surface area contributed by atoms with Gasteiger partial charge in [-0.1, -0.05) is 25.2 Å². The smallest absolute Gasteiger partial charge is 0.213 e. The van der Waals surface area contributed by atoms with Gasteiger partial charge in [0.05, 0.1) is 0 Å². The number of benzene rings is 1. The van der Waals surface area contributed by atoms with Gasteiger partial charge < -0.3 is 9.47 Å². The molecule has 1 aromatic carbocycles. The summed E-state index contributed by atoms with van der Waals surface area (Å²) in [6, 6.07) is 5.61. The van der Waals surface area contributed by atoms with Crippen molar-refractivity contribution >= 4 is 22.6 Å². The van der Waals surface area contributed by atoms with Crippen molar-refractivity contribution in [1.82, 2.24) is 14.6 Å². The summed E-state index contributed by atoms with van der Waals surface area (Å²) in [5.41, 5.74) is 1.91. The Labute approximate surface area is 143 Å². The molecule has 0 amide bonds. The molecule has 0 unspecified atom stereocenters. The summed E-state index contributed by atoms with van der Waals surface area (Å²) in [5, 5.41) is 5.53. The number of imidazole rings is 1. The van der Waals surface area contributed by atoms with Gasteiger partial charge in [0.25, 0.3) is 0 Å². The molecule has 3 aromatic rings. The highest BCUT2D eigenvalue weighted by Gasteiger charge is 2.20. The van der Waals surface area contributed by atoms with Crippen LogP contribution in [0.3, 0.4) is 0 Å². The Morgan fingerprint density at radius 3 is 2.83 bits per heavy atom. The first-order valence-corrected chi connectivity index (χ1v) is 8.71. The lowest BCUT2D eigenvalue weighted by Crippen LogP contribution is -2.15. The van der Waals surface area contributed by atoms with E-state index in [0.29, 0.717) is 36.3 Å². The number of hydrogen-bond acceptors (Lipinski definition) is 6. The third-order valence-corrected chi connectivity index (χ3v) is 4.72. The highest BCUT2D eigenvalue weighted by atomic mass is 32.1. The van der Waals surface area contributed by atoms with E-state index in [0.717, 1.165) is 34.0 Å². The zero-order valence-corrected chi connectivity index (χ0v) is 14.3. The Morgan fingerprint density at radius 2 is 2.08 bits per heavy atom. The summed E-state index contributed by atoms with van der Waals surface area (Å²) in [5.74, 6) is 1.91. The molecule has 0 fully saturated rings. The molecule has 0 N–H and O–H groups in total. The molecular formula is C17H17N3O3S. The molecule has 3 heterocycles. The standard InChI is InChI=1S/C17H17N3O3S/c1-10(2)7-15-19-20-12(9-21)16(18-17(20)24-15)11-3-4-13-14(8-11)23-6-5-22-13/h3-4,8-10H,5-7H2,1-2H3. The molecule has 0 atom stereocenters. The molecule has 7 heteroatoms. The van der Waals surface area contributed by atoms with Crippen molar-refractivity contribution in [1.29, 1.82) is 0 Å². The van der Waals surface area contributed by atoms with Crippen LogP contribution < -0.4 is 9.47 Å². The van der Waals surface area contributed by atoms with Gasteiger partial charge in [0.1, 0.15) is 29.6 Å². The molecule has 0 aliphatic carbocycles. The van der Waals surface area contributed by atoms with E-state index in [9.17, 15) is 4.79 Å². The van der Waals surface area contributed by atoms with E-state index in [1.165, 1.54) is 11.3 Å². The van der Waals surface area contributed by atoms with Crippen molar-refractivity contribution in [3.63, 3.8) is 0 Å². The monoisotopic (exact) mass is 343 g/mol. The molecule has 0 saturated carbocycles. The molecule has 1 aliphatic rings. The minimum Gasteiger partial charge on any atom is -0.486 e. The number of aldehydes is 1. The minimum atomic E-state index is 0.466. The Morgan fingerprint density at radius 1 is 1.29 bits per heavy atom. The Bertz CT molecular complexity index is 913. The van der Waals surface area contributed by atoms with Gasteiger partial charge in [-0.2, -0.15) is 9.61 Å². The molecule has 2 aromatic heterocycles. The topological polar surface area (TPSA) is 65.7 Å². The predicted octanol–water partition coefficient (Wildman–Crippen LogP) is 3.24. The number of carbonyl (C=O) groups is 1. The summed E-state index contributed by atoms with van der Waals surface area (Å²) in [6.45, 7) is 5.36. The van der Waals surface area contributed by atoms with Crippen LogP contribution in [0.25, 0.3) is 16.2 Å². The Hall–Kier alpha value is -2.41. The number of carbonyl (C=O) groups excluding carboxylic acids is 1. The second kappa shape index (κ2) is 5.90. The summed E-state index contributed by atoms with van der Waals surface area (Å²) in [7, 11) is 0. The molecule has 0 bridgehead atoms. The lowest BCUT2D eigenvalue weighted by molar-refractivity contribution is 0.111. The summed E-state index contributed by atoms with van der Waals surface area (Å²) >= 11 is 1.53. The molecule has 1 aliphatic heterocycles. The molecule has 4 rings (SSSR count). The predicted molar refractivity (Wildman–Crippen MR) is 91.2 cm³/mol. The van der Waals surface area contributed by atoms with Crippen LogP contribution in [0.5, 0.6) is 11.5 Å². The van der Waals surface area contributed by atoms with Crippen LogP contribution in [-0.4, -0.2) is 34.1 Å². The zero-order valence-electron chi connectivity index (χ0n) is 13.5. The fourth-order valence-corrected chi connectivity index (χ4v) is 3.86. The first-order valence-electron chi connectivity index (χ1n) is 7.89. The van der Waals surface area contributed by atoms with Crippen molar-refractivity contribution in [2.75, 3.05) is 13.2 Å². The average molecular weight is 343 g/mol. The summed E-state index contributed by atoms with van der Waals surface area (Å²) < 4.78 is 12.8. The maximum absolute atomic E-state index is 11.6. The quantitative estimate of drug-likeness (QED) is 0.681. The van der Waals surface area contributed by atoms with Crippen LogP contribution in [-0.2, 0) is 6.42 Å². The van der Waals surface area contributed by atoms with Crippen LogP contribution in [0, 0.1) is 5.92 Å². The maximum atomic E-state index is 11.6. The van der Waals surface area contributed by atoms with E-state index in [1.807, 2.05) is 18.2 Å². The molecule has 124 valence electrons. The fourth-order valence-electron chi connectivity index (χ4n) is 2.74. The van der Waals surface area contributed by atoms with Crippen LogP contribution in [0.1, 0.15) is 29.3 Å².